The summed E-state index contributed by atoms with van der Waals surface area (Å²) in [5, 5.41) is 12.3. The Labute approximate surface area is 114 Å². The van der Waals surface area contributed by atoms with Crippen LogP contribution in [0.5, 0.6) is 0 Å². The lowest BCUT2D eigenvalue weighted by atomic mass is 9.80. The summed E-state index contributed by atoms with van der Waals surface area (Å²) in [5.74, 6) is 1.14. The highest BCUT2D eigenvalue weighted by Crippen LogP contribution is 2.28. The minimum atomic E-state index is -0.332. The molecule has 3 atom stereocenters. The van der Waals surface area contributed by atoms with E-state index >= 15 is 0 Å². The van der Waals surface area contributed by atoms with Crippen LogP contribution in [0.4, 0.5) is 4.39 Å². The van der Waals surface area contributed by atoms with Gasteiger partial charge in [0.1, 0.15) is 5.82 Å². The minimum absolute atomic E-state index is 0.332. The van der Waals surface area contributed by atoms with Gasteiger partial charge in [-0.15, -0.1) is 0 Å². The van der Waals surface area contributed by atoms with Crippen molar-refractivity contribution < 1.29 is 4.39 Å². The Morgan fingerprint density at radius 3 is 2.79 bits per heavy atom. The molecule has 1 fully saturated rings. The number of hydrogen-bond donors (Lipinski definition) is 1. The van der Waals surface area contributed by atoms with Crippen molar-refractivity contribution in [1.82, 2.24) is 5.32 Å². The van der Waals surface area contributed by atoms with E-state index in [1.54, 1.807) is 6.07 Å². The number of nitrogens with one attached hydrogen (secondary N) is 1. The molecule has 0 spiro atoms. The number of rotatable bonds is 3. The summed E-state index contributed by atoms with van der Waals surface area (Å²) in [6, 6.07) is 7.03. The van der Waals surface area contributed by atoms with Crippen molar-refractivity contribution in [3.63, 3.8) is 0 Å². The van der Waals surface area contributed by atoms with Crippen LogP contribution in [-0.4, -0.2) is 6.04 Å². The molecule has 3 unspecified atom stereocenters. The van der Waals surface area contributed by atoms with Gasteiger partial charge in [-0.05, 0) is 54.9 Å². The van der Waals surface area contributed by atoms with Gasteiger partial charge in [-0.1, -0.05) is 13.8 Å². The second kappa shape index (κ2) is 6.16. The Hall–Kier alpha value is -1.40. The zero-order valence-corrected chi connectivity index (χ0v) is 11.6. The Morgan fingerprint density at radius 1 is 1.32 bits per heavy atom. The molecule has 1 aromatic rings. The monoisotopic (exact) mass is 260 g/mol. The second-order valence-electron chi connectivity index (χ2n) is 5.84. The first-order chi connectivity index (χ1) is 9.08. The van der Waals surface area contributed by atoms with Gasteiger partial charge in [-0.2, -0.15) is 5.26 Å². The molecule has 0 aromatic heterocycles. The average molecular weight is 260 g/mol. The van der Waals surface area contributed by atoms with Gasteiger partial charge in [0, 0.05) is 12.6 Å². The molecular formula is C16H21FN2. The zero-order chi connectivity index (χ0) is 13.8. The van der Waals surface area contributed by atoms with Crippen molar-refractivity contribution in [3.05, 3.63) is 35.1 Å². The smallest absolute Gasteiger partial charge is 0.124 e. The molecule has 0 heterocycles. The highest BCUT2D eigenvalue weighted by atomic mass is 19.1. The van der Waals surface area contributed by atoms with Gasteiger partial charge in [0.15, 0.2) is 0 Å². The van der Waals surface area contributed by atoms with Gasteiger partial charge < -0.3 is 5.32 Å². The normalized spacial score (nSPS) is 26.9. The molecule has 1 N–H and O–H groups in total. The highest BCUT2D eigenvalue weighted by molar-refractivity contribution is 5.33. The molecule has 1 aliphatic carbocycles. The molecule has 1 aromatic carbocycles. The fourth-order valence-electron chi connectivity index (χ4n) is 3.03. The van der Waals surface area contributed by atoms with Gasteiger partial charge >= 0.3 is 0 Å². The molecule has 0 bridgehead atoms. The SMILES string of the molecule is CC1CCC(NCc2cc(F)cc(C#N)c2)C(C)C1. The molecule has 0 aliphatic heterocycles. The summed E-state index contributed by atoms with van der Waals surface area (Å²) >= 11 is 0. The number of hydrogen-bond acceptors (Lipinski definition) is 2. The summed E-state index contributed by atoms with van der Waals surface area (Å²) in [4.78, 5) is 0. The molecule has 1 aliphatic rings. The van der Waals surface area contributed by atoms with Crippen LogP contribution in [-0.2, 0) is 6.54 Å². The molecule has 2 nitrogen and oxygen atoms in total. The number of nitriles is 1. The van der Waals surface area contributed by atoms with Crippen LogP contribution >= 0.6 is 0 Å². The van der Waals surface area contributed by atoms with Crippen molar-refractivity contribution in [3.8, 4) is 6.07 Å². The molecular weight excluding hydrogens is 239 g/mol. The molecule has 102 valence electrons. The average Bonchev–Trinajstić information content (AvgIpc) is 2.37. The summed E-state index contributed by atoms with van der Waals surface area (Å²) in [6.45, 7) is 5.22. The maximum absolute atomic E-state index is 13.3. The summed E-state index contributed by atoms with van der Waals surface area (Å²) in [7, 11) is 0. The van der Waals surface area contributed by atoms with Gasteiger partial charge in [0.2, 0.25) is 0 Å². The largest absolute Gasteiger partial charge is 0.310 e. The third-order valence-corrected chi connectivity index (χ3v) is 4.09. The summed E-state index contributed by atoms with van der Waals surface area (Å²) < 4.78 is 13.3. The first-order valence-corrected chi connectivity index (χ1v) is 7.01. The Morgan fingerprint density at radius 2 is 2.11 bits per heavy atom. The van der Waals surface area contributed by atoms with Crippen molar-refractivity contribution in [2.24, 2.45) is 11.8 Å². The van der Waals surface area contributed by atoms with E-state index in [0.717, 1.165) is 11.5 Å². The molecule has 19 heavy (non-hydrogen) atoms. The zero-order valence-electron chi connectivity index (χ0n) is 11.6. The van der Waals surface area contributed by atoms with Crippen molar-refractivity contribution >= 4 is 0 Å². The van der Waals surface area contributed by atoms with E-state index in [0.29, 0.717) is 24.1 Å². The molecule has 0 amide bonds. The van der Waals surface area contributed by atoms with E-state index in [-0.39, 0.29) is 5.82 Å². The van der Waals surface area contributed by atoms with E-state index in [2.05, 4.69) is 19.2 Å². The number of halogens is 1. The van der Waals surface area contributed by atoms with E-state index < -0.39 is 0 Å². The maximum Gasteiger partial charge on any atom is 0.124 e. The number of benzene rings is 1. The van der Waals surface area contributed by atoms with Crippen LogP contribution in [0.2, 0.25) is 0 Å². The summed E-state index contributed by atoms with van der Waals surface area (Å²) in [5.41, 5.74) is 1.24. The predicted molar refractivity (Wildman–Crippen MR) is 73.9 cm³/mol. The third-order valence-electron chi connectivity index (χ3n) is 4.09. The molecule has 1 saturated carbocycles. The van der Waals surface area contributed by atoms with Gasteiger partial charge in [0.25, 0.3) is 0 Å². The topological polar surface area (TPSA) is 35.8 Å². The van der Waals surface area contributed by atoms with E-state index in [1.165, 1.54) is 31.4 Å². The fraction of sp³-hybridized carbons (Fsp3) is 0.562. The molecule has 0 saturated heterocycles. The van der Waals surface area contributed by atoms with Crippen LogP contribution in [0, 0.1) is 29.0 Å². The lowest BCUT2D eigenvalue weighted by Gasteiger charge is -2.33. The third kappa shape index (κ3) is 3.78. The van der Waals surface area contributed by atoms with Gasteiger partial charge in [-0.25, -0.2) is 4.39 Å². The van der Waals surface area contributed by atoms with Crippen LogP contribution in [0.15, 0.2) is 18.2 Å². The first-order valence-electron chi connectivity index (χ1n) is 7.01. The Balaban J connectivity index is 1.95. The summed E-state index contributed by atoms with van der Waals surface area (Å²) in [6.07, 6.45) is 3.70. The van der Waals surface area contributed by atoms with E-state index in [1.807, 2.05) is 6.07 Å². The Kier molecular flexibility index (Phi) is 4.55. The van der Waals surface area contributed by atoms with Crippen LogP contribution in [0.25, 0.3) is 0 Å². The fourth-order valence-corrected chi connectivity index (χ4v) is 3.03. The van der Waals surface area contributed by atoms with Crippen molar-refractivity contribution in [2.75, 3.05) is 0 Å². The first kappa shape index (κ1) is 14.0. The highest BCUT2D eigenvalue weighted by Gasteiger charge is 2.24. The quantitative estimate of drug-likeness (QED) is 0.901. The van der Waals surface area contributed by atoms with Crippen LogP contribution in [0.3, 0.4) is 0 Å². The lowest BCUT2D eigenvalue weighted by molar-refractivity contribution is 0.227. The lowest BCUT2D eigenvalue weighted by Crippen LogP contribution is -2.38. The molecule has 2 rings (SSSR count). The second-order valence-corrected chi connectivity index (χ2v) is 5.84. The van der Waals surface area contributed by atoms with Crippen molar-refractivity contribution in [2.45, 2.75) is 45.7 Å². The van der Waals surface area contributed by atoms with Crippen molar-refractivity contribution in [1.29, 1.82) is 5.26 Å². The van der Waals surface area contributed by atoms with E-state index in [9.17, 15) is 4.39 Å². The maximum atomic E-state index is 13.3. The van der Waals surface area contributed by atoms with Crippen LogP contribution in [0.1, 0.15) is 44.2 Å². The molecule has 0 radical (unpaired) electrons. The van der Waals surface area contributed by atoms with E-state index in [4.69, 9.17) is 5.26 Å². The predicted octanol–water partition coefficient (Wildman–Crippen LogP) is 3.61. The Bertz CT molecular complexity index is 478. The van der Waals surface area contributed by atoms with Gasteiger partial charge in [-0.3, -0.25) is 0 Å². The molecule has 3 heteroatoms. The van der Waals surface area contributed by atoms with Crippen LogP contribution < -0.4 is 5.32 Å². The standard InChI is InChI=1S/C16H21FN2/c1-11-3-4-16(12(2)5-11)19-10-14-6-13(9-18)7-15(17)8-14/h6-8,11-12,16,19H,3-5,10H2,1-2H3. The van der Waals surface area contributed by atoms with Gasteiger partial charge in [0.05, 0.1) is 11.6 Å². The number of nitrogens with zero attached hydrogens (tertiary/aromatic N) is 1. The minimum Gasteiger partial charge on any atom is -0.310 e.